The Morgan fingerprint density at radius 1 is 1.35 bits per heavy atom. The van der Waals surface area contributed by atoms with Crippen LogP contribution in [-0.4, -0.2) is 42.5 Å². The molecule has 0 aliphatic carbocycles. The summed E-state index contributed by atoms with van der Waals surface area (Å²) in [6.45, 7) is 9.44. The van der Waals surface area contributed by atoms with E-state index >= 15 is 0 Å². The Morgan fingerprint density at radius 2 is 2.09 bits per heavy atom. The van der Waals surface area contributed by atoms with Gasteiger partial charge in [0, 0.05) is 10.9 Å². The Hall–Kier alpha value is -1.40. The second kappa shape index (κ2) is 7.93. The van der Waals surface area contributed by atoms with Crippen molar-refractivity contribution in [1.29, 1.82) is 0 Å². The molecule has 6 heteroatoms. The van der Waals surface area contributed by atoms with E-state index in [4.69, 9.17) is 4.74 Å². The van der Waals surface area contributed by atoms with E-state index in [1.54, 1.807) is 6.92 Å². The summed E-state index contributed by atoms with van der Waals surface area (Å²) < 4.78 is 5.12. The van der Waals surface area contributed by atoms with Gasteiger partial charge in [-0.25, -0.2) is 4.79 Å². The SMILES string of the molecule is CCOC(=O)c1c(NC(=O)CN2CCCCC2C)sc(C)c1C. The molecule has 1 aromatic rings. The minimum absolute atomic E-state index is 0.0643. The van der Waals surface area contributed by atoms with Crippen LogP contribution in [0.3, 0.4) is 0 Å². The molecule has 1 fully saturated rings. The van der Waals surface area contributed by atoms with Gasteiger partial charge in [-0.1, -0.05) is 6.42 Å². The third-order valence-corrected chi connectivity index (χ3v) is 5.53. The lowest BCUT2D eigenvalue weighted by Crippen LogP contribution is -2.42. The zero-order valence-corrected chi connectivity index (χ0v) is 15.2. The Kier molecular flexibility index (Phi) is 6.18. The molecule has 0 bridgehead atoms. The maximum Gasteiger partial charge on any atom is 0.341 e. The summed E-state index contributed by atoms with van der Waals surface area (Å²) in [5.74, 6) is -0.429. The van der Waals surface area contributed by atoms with Crippen LogP contribution in [0.2, 0.25) is 0 Å². The van der Waals surface area contributed by atoms with Gasteiger partial charge in [0.25, 0.3) is 0 Å². The van der Waals surface area contributed by atoms with Gasteiger partial charge in [-0.3, -0.25) is 9.69 Å². The normalized spacial score (nSPS) is 18.7. The maximum atomic E-state index is 12.4. The Bertz CT molecular complexity index is 583. The molecule has 1 unspecified atom stereocenters. The first-order chi connectivity index (χ1) is 10.9. The van der Waals surface area contributed by atoms with Crippen molar-refractivity contribution in [3.63, 3.8) is 0 Å². The summed E-state index contributed by atoms with van der Waals surface area (Å²) in [5, 5.41) is 3.52. The average molecular weight is 338 g/mol. The molecule has 1 amide bonds. The number of hydrogen-bond donors (Lipinski definition) is 1. The monoisotopic (exact) mass is 338 g/mol. The number of aryl methyl sites for hydroxylation is 1. The fraction of sp³-hybridized carbons (Fsp3) is 0.647. The van der Waals surface area contributed by atoms with Gasteiger partial charge in [-0.2, -0.15) is 0 Å². The molecule has 1 N–H and O–H groups in total. The predicted molar refractivity (Wildman–Crippen MR) is 93.3 cm³/mol. The van der Waals surface area contributed by atoms with E-state index in [0.717, 1.165) is 29.8 Å². The number of amides is 1. The molecule has 128 valence electrons. The number of likely N-dealkylation sites (tertiary alicyclic amines) is 1. The average Bonchev–Trinajstić information content (AvgIpc) is 2.76. The van der Waals surface area contributed by atoms with Gasteiger partial charge in [-0.15, -0.1) is 11.3 Å². The first-order valence-electron chi connectivity index (χ1n) is 8.25. The summed E-state index contributed by atoms with van der Waals surface area (Å²) in [7, 11) is 0. The van der Waals surface area contributed by atoms with Crippen molar-refractivity contribution in [1.82, 2.24) is 4.90 Å². The molecule has 0 saturated carbocycles. The Balaban J connectivity index is 2.08. The minimum atomic E-state index is -0.365. The summed E-state index contributed by atoms with van der Waals surface area (Å²) in [5.41, 5.74) is 1.38. The minimum Gasteiger partial charge on any atom is -0.462 e. The van der Waals surface area contributed by atoms with E-state index in [1.165, 1.54) is 17.8 Å². The van der Waals surface area contributed by atoms with E-state index in [0.29, 0.717) is 29.8 Å². The number of carbonyl (C=O) groups excluding carboxylic acids is 2. The number of anilines is 1. The number of nitrogens with one attached hydrogen (secondary N) is 1. The van der Waals surface area contributed by atoms with E-state index in [9.17, 15) is 9.59 Å². The molecule has 1 atom stereocenters. The van der Waals surface area contributed by atoms with Crippen LogP contribution < -0.4 is 5.32 Å². The van der Waals surface area contributed by atoms with Gasteiger partial charge in [-0.05, 0) is 52.6 Å². The van der Waals surface area contributed by atoms with Gasteiger partial charge in [0.2, 0.25) is 5.91 Å². The molecule has 5 nitrogen and oxygen atoms in total. The summed E-state index contributed by atoms with van der Waals surface area (Å²) in [4.78, 5) is 27.8. The highest BCUT2D eigenvalue weighted by molar-refractivity contribution is 7.16. The van der Waals surface area contributed by atoms with Crippen LogP contribution in [0.5, 0.6) is 0 Å². The highest BCUT2D eigenvalue weighted by atomic mass is 32.1. The number of hydrogen-bond acceptors (Lipinski definition) is 5. The van der Waals surface area contributed by atoms with Crippen molar-refractivity contribution in [2.45, 2.75) is 53.0 Å². The van der Waals surface area contributed by atoms with Crippen molar-refractivity contribution in [2.24, 2.45) is 0 Å². The molecule has 0 spiro atoms. The molecule has 0 radical (unpaired) electrons. The lowest BCUT2D eigenvalue weighted by atomic mass is 10.0. The number of carbonyl (C=O) groups is 2. The number of nitrogens with zero attached hydrogens (tertiary/aromatic N) is 1. The van der Waals surface area contributed by atoms with Crippen LogP contribution in [0, 0.1) is 13.8 Å². The number of piperidine rings is 1. The van der Waals surface area contributed by atoms with E-state index in [2.05, 4.69) is 17.1 Å². The van der Waals surface area contributed by atoms with Gasteiger partial charge in [0.15, 0.2) is 0 Å². The van der Waals surface area contributed by atoms with Crippen molar-refractivity contribution in [3.8, 4) is 0 Å². The molecule has 23 heavy (non-hydrogen) atoms. The first-order valence-corrected chi connectivity index (χ1v) is 9.06. The highest BCUT2D eigenvalue weighted by Gasteiger charge is 2.24. The molecular weight excluding hydrogens is 312 g/mol. The predicted octanol–water partition coefficient (Wildman–Crippen LogP) is 3.35. The second-order valence-electron chi connectivity index (χ2n) is 6.07. The molecule has 1 saturated heterocycles. The Morgan fingerprint density at radius 3 is 2.74 bits per heavy atom. The van der Waals surface area contributed by atoms with Gasteiger partial charge < -0.3 is 10.1 Å². The fourth-order valence-corrected chi connectivity index (χ4v) is 3.97. The van der Waals surface area contributed by atoms with Crippen LogP contribution in [0.1, 0.15) is 53.9 Å². The molecule has 1 aromatic heterocycles. The summed E-state index contributed by atoms with van der Waals surface area (Å²) >= 11 is 1.44. The standard InChI is InChI=1S/C17H26N2O3S/c1-5-22-17(21)15-12(3)13(4)23-16(15)18-14(20)10-19-9-7-6-8-11(19)2/h11H,5-10H2,1-4H3,(H,18,20). The number of esters is 1. The van der Waals surface area contributed by atoms with E-state index in [1.807, 2.05) is 13.8 Å². The number of rotatable bonds is 5. The van der Waals surface area contributed by atoms with E-state index in [-0.39, 0.29) is 11.9 Å². The number of thiophene rings is 1. The van der Waals surface area contributed by atoms with Crippen molar-refractivity contribution >= 4 is 28.2 Å². The lowest BCUT2D eigenvalue weighted by Gasteiger charge is -2.32. The maximum absolute atomic E-state index is 12.4. The topological polar surface area (TPSA) is 58.6 Å². The molecular formula is C17H26N2O3S. The highest BCUT2D eigenvalue weighted by Crippen LogP contribution is 2.33. The van der Waals surface area contributed by atoms with E-state index < -0.39 is 0 Å². The second-order valence-corrected chi connectivity index (χ2v) is 7.30. The molecule has 1 aliphatic rings. The quantitative estimate of drug-likeness (QED) is 0.837. The van der Waals surface area contributed by atoms with Crippen LogP contribution in [0.4, 0.5) is 5.00 Å². The van der Waals surface area contributed by atoms with Gasteiger partial charge in [0.05, 0.1) is 18.7 Å². The molecule has 2 rings (SSSR count). The third-order valence-electron chi connectivity index (χ3n) is 4.41. The van der Waals surface area contributed by atoms with Crippen molar-refractivity contribution in [2.75, 3.05) is 25.0 Å². The van der Waals surface area contributed by atoms with Gasteiger partial charge >= 0.3 is 5.97 Å². The van der Waals surface area contributed by atoms with Crippen molar-refractivity contribution < 1.29 is 14.3 Å². The van der Waals surface area contributed by atoms with Crippen LogP contribution in [0.15, 0.2) is 0 Å². The first kappa shape index (κ1) is 17.9. The zero-order valence-electron chi connectivity index (χ0n) is 14.4. The van der Waals surface area contributed by atoms with Crippen LogP contribution in [-0.2, 0) is 9.53 Å². The van der Waals surface area contributed by atoms with Gasteiger partial charge in [0.1, 0.15) is 5.00 Å². The Labute approximate surface area is 142 Å². The van der Waals surface area contributed by atoms with Crippen molar-refractivity contribution in [3.05, 3.63) is 16.0 Å². The lowest BCUT2D eigenvalue weighted by molar-refractivity contribution is -0.118. The third kappa shape index (κ3) is 4.32. The van der Waals surface area contributed by atoms with Crippen LogP contribution in [0.25, 0.3) is 0 Å². The molecule has 0 aromatic carbocycles. The fourth-order valence-electron chi connectivity index (χ4n) is 2.91. The molecule has 1 aliphatic heterocycles. The number of ether oxygens (including phenoxy) is 1. The zero-order chi connectivity index (χ0) is 17.0. The van der Waals surface area contributed by atoms with Crippen LogP contribution >= 0.6 is 11.3 Å². The largest absolute Gasteiger partial charge is 0.462 e. The molecule has 2 heterocycles. The summed E-state index contributed by atoms with van der Waals surface area (Å²) in [6, 6.07) is 0.436. The smallest absolute Gasteiger partial charge is 0.341 e. The summed E-state index contributed by atoms with van der Waals surface area (Å²) in [6.07, 6.45) is 3.51.